The Hall–Kier alpha value is -2.63. The first-order valence-electron chi connectivity index (χ1n) is 5.41. The van der Waals surface area contributed by atoms with Crippen molar-refractivity contribution in [1.29, 1.82) is 0 Å². The molecule has 0 bridgehead atoms. The number of fused-ring (bicyclic) bond motifs is 3. The van der Waals surface area contributed by atoms with Crippen molar-refractivity contribution < 1.29 is 19.8 Å². The molecule has 1 heterocycles. The van der Waals surface area contributed by atoms with Crippen molar-refractivity contribution in [1.82, 2.24) is 4.98 Å². The number of hydrogen-bond acceptors (Lipinski definition) is 5. The van der Waals surface area contributed by atoms with Crippen LogP contribution < -0.4 is 5.46 Å². The van der Waals surface area contributed by atoms with E-state index in [0.717, 1.165) is 6.07 Å². The zero-order valence-corrected chi connectivity index (χ0v) is 9.54. The summed E-state index contributed by atoms with van der Waals surface area (Å²) in [5.41, 5.74) is 0.0279. The number of Topliss-reactive ketones (excluding diaryl/α,β-unsaturated/α-hetero) is 2. The smallest absolute Gasteiger partial charge is 0.235 e. The molecule has 0 aliphatic heterocycles. The first kappa shape index (κ1) is 11.5. The van der Waals surface area contributed by atoms with E-state index in [1.807, 2.05) is 0 Å². The molecule has 3 rings (SSSR count). The van der Waals surface area contributed by atoms with E-state index in [4.69, 9.17) is 7.85 Å². The number of aromatic nitrogens is 1. The van der Waals surface area contributed by atoms with Gasteiger partial charge in [0.05, 0.1) is 16.8 Å². The number of carbonyl (C=O) groups excluding carboxylic acids is 2. The molecule has 0 unspecified atom stereocenters. The van der Waals surface area contributed by atoms with Gasteiger partial charge in [0.1, 0.15) is 19.3 Å². The quantitative estimate of drug-likeness (QED) is 0.520. The number of rotatable bonds is 0. The van der Waals surface area contributed by atoms with Gasteiger partial charge in [-0.2, -0.15) is 0 Å². The zero-order valence-electron chi connectivity index (χ0n) is 9.54. The molecule has 0 saturated carbocycles. The van der Waals surface area contributed by atoms with E-state index >= 15 is 0 Å². The summed E-state index contributed by atoms with van der Waals surface area (Å²) in [6.07, 6.45) is 1.44. The van der Waals surface area contributed by atoms with Gasteiger partial charge >= 0.3 is 0 Å². The minimum absolute atomic E-state index is 0.0792. The number of phenolic OH excluding ortho intramolecular Hbond substituents is 2. The monoisotopic (exact) mass is 251 g/mol. The number of aromatic hydroxyl groups is 2. The van der Waals surface area contributed by atoms with Crippen LogP contribution in [0.1, 0.15) is 20.7 Å². The molecule has 2 aromatic rings. The lowest BCUT2D eigenvalue weighted by Gasteiger charge is -2.19. The van der Waals surface area contributed by atoms with E-state index in [0.29, 0.717) is 0 Å². The number of hydrogen-bond donors (Lipinski definition) is 2. The van der Waals surface area contributed by atoms with Crippen molar-refractivity contribution in [2.75, 3.05) is 0 Å². The highest BCUT2D eigenvalue weighted by molar-refractivity contribution is 6.53. The van der Waals surface area contributed by atoms with Gasteiger partial charge in [-0.05, 0) is 23.7 Å². The summed E-state index contributed by atoms with van der Waals surface area (Å²) < 4.78 is 0. The van der Waals surface area contributed by atoms with Crippen LogP contribution in [0.15, 0.2) is 24.4 Å². The lowest BCUT2D eigenvalue weighted by atomic mass is 9.81. The first-order valence-corrected chi connectivity index (χ1v) is 5.41. The number of ketones is 2. The van der Waals surface area contributed by atoms with Gasteiger partial charge in [-0.1, -0.05) is 0 Å². The van der Waals surface area contributed by atoms with Crippen molar-refractivity contribution in [3.8, 4) is 22.8 Å². The topological polar surface area (TPSA) is 87.5 Å². The zero-order chi connectivity index (χ0) is 13.7. The first-order chi connectivity index (χ1) is 9.02. The van der Waals surface area contributed by atoms with Crippen LogP contribution in [0.25, 0.3) is 11.3 Å². The Morgan fingerprint density at radius 3 is 2.53 bits per heavy atom. The van der Waals surface area contributed by atoms with Gasteiger partial charge in [0.15, 0.2) is 0 Å². The Kier molecular flexibility index (Phi) is 2.22. The van der Waals surface area contributed by atoms with Crippen molar-refractivity contribution in [2.24, 2.45) is 0 Å². The second-order valence-corrected chi connectivity index (χ2v) is 4.14. The summed E-state index contributed by atoms with van der Waals surface area (Å²) in [5.74, 6) is -2.42. The van der Waals surface area contributed by atoms with E-state index < -0.39 is 23.1 Å². The molecular formula is C13H6BNO4. The van der Waals surface area contributed by atoms with E-state index in [1.165, 1.54) is 18.3 Å². The lowest BCUT2D eigenvalue weighted by Crippen LogP contribution is -2.23. The molecule has 0 fully saturated rings. The number of pyridine rings is 1. The van der Waals surface area contributed by atoms with Gasteiger partial charge in [-0.3, -0.25) is 14.6 Å². The highest BCUT2D eigenvalue weighted by atomic mass is 16.3. The SMILES string of the molecule is [B]c1c(O)cc2c(c1O)-c1ncccc1C(=O)C2=O. The number of phenols is 2. The van der Waals surface area contributed by atoms with Gasteiger partial charge in [0.25, 0.3) is 0 Å². The number of benzene rings is 1. The van der Waals surface area contributed by atoms with Gasteiger partial charge in [-0.15, -0.1) is 0 Å². The minimum atomic E-state index is -0.805. The van der Waals surface area contributed by atoms with E-state index in [-0.39, 0.29) is 27.8 Å². The molecular weight excluding hydrogens is 245 g/mol. The summed E-state index contributed by atoms with van der Waals surface area (Å²) >= 11 is 0. The van der Waals surface area contributed by atoms with E-state index in [9.17, 15) is 19.8 Å². The molecule has 0 saturated heterocycles. The molecule has 0 amide bonds. The van der Waals surface area contributed by atoms with Crippen LogP contribution in [0.4, 0.5) is 0 Å². The number of nitrogens with zero attached hydrogens (tertiary/aromatic N) is 1. The summed E-state index contributed by atoms with van der Waals surface area (Å²) in [7, 11) is 5.52. The largest absolute Gasteiger partial charge is 0.508 e. The van der Waals surface area contributed by atoms with Crippen LogP contribution in [0, 0.1) is 0 Å². The van der Waals surface area contributed by atoms with Crippen molar-refractivity contribution >= 4 is 24.9 Å². The Morgan fingerprint density at radius 1 is 1.11 bits per heavy atom. The molecule has 1 aromatic carbocycles. The average Bonchev–Trinajstić information content (AvgIpc) is 2.42. The van der Waals surface area contributed by atoms with Gasteiger partial charge in [0.2, 0.25) is 11.6 Å². The van der Waals surface area contributed by atoms with Gasteiger partial charge < -0.3 is 10.2 Å². The normalized spacial score (nSPS) is 13.1. The van der Waals surface area contributed by atoms with Crippen molar-refractivity contribution in [3.63, 3.8) is 0 Å². The maximum Gasteiger partial charge on any atom is 0.235 e. The van der Waals surface area contributed by atoms with Crippen LogP contribution in [0.2, 0.25) is 0 Å². The van der Waals surface area contributed by atoms with Crippen LogP contribution >= 0.6 is 0 Å². The Balaban J connectivity index is 2.48. The van der Waals surface area contributed by atoms with Gasteiger partial charge in [-0.25, -0.2) is 0 Å². The second kappa shape index (κ2) is 3.68. The Labute approximate surface area is 108 Å². The fraction of sp³-hybridized carbons (Fsp3) is 0. The lowest BCUT2D eigenvalue weighted by molar-refractivity contribution is 0.0814. The van der Waals surface area contributed by atoms with Crippen LogP contribution in [0.3, 0.4) is 0 Å². The third-order valence-corrected chi connectivity index (χ3v) is 3.06. The third-order valence-electron chi connectivity index (χ3n) is 3.06. The molecule has 1 aliphatic carbocycles. The Morgan fingerprint density at radius 2 is 1.79 bits per heavy atom. The van der Waals surface area contributed by atoms with Crippen LogP contribution in [-0.2, 0) is 0 Å². The molecule has 0 atom stereocenters. The maximum absolute atomic E-state index is 12.0. The molecule has 0 spiro atoms. The molecule has 6 heteroatoms. The summed E-state index contributed by atoms with van der Waals surface area (Å²) in [4.78, 5) is 27.9. The molecule has 1 aromatic heterocycles. The summed E-state index contributed by atoms with van der Waals surface area (Å²) in [6, 6.07) is 4.05. The molecule has 2 N–H and O–H groups in total. The van der Waals surface area contributed by atoms with Crippen LogP contribution in [0.5, 0.6) is 11.5 Å². The van der Waals surface area contributed by atoms with Gasteiger partial charge in [0, 0.05) is 11.8 Å². The molecule has 5 nitrogen and oxygen atoms in total. The fourth-order valence-electron chi connectivity index (χ4n) is 2.12. The predicted octanol–water partition coefficient (Wildman–Crippen LogP) is 0.333. The molecule has 90 valence electrons. The van der Waals surface area contributed by atoms with Crippen LogP contribution in [-0.4, -0.2) is 34.6 Å². The van der Waals surface area contributed by atoms with Crippen molar-refractivity contribution in [2.45, 2.75) is 0 Å². The Bertz CT molecular complexity index is 755. The van der Waals surface area contributed by atoms with E-state index in [1.54, 1.807) is 0 Å². The van der Waals surface area contributed by atoms with E-state index in [2.05, 4.69) is 4.98 Å². The summed E-state index contributed by atoms with van der Waals surface area (Å²) in [5, 5.41) is 19.5. The van der Waals surface area contributed by atoms with Crippen molar-refractivity contribution in [3.05, 3.63) is 35.5 Å². The summed E-state index contributed by atoms with van der Waals surface area (Å²) in [6.45, 7) is 0. The highest BCUT2D eigenvalue weighted by Gasteiger charge is 2.34. The fourth-order valence-corrected chi connectivity index (χ4v) is 2.12. The molecule has 2 radical (unpaired) electrons. The molecule has 1 aliphatic rings. The average molecular weight is 251 g/mol. The highest BCUT2D eigenvalue weighted by Crippen LogP contribution is 2.38. The second-order valence-electron chi connectivity index (χ2n) is 4.14. The molecule has 19 heavy (non-hydrogen) atoms. The maximum atomic E-state index is 12.0. The number of carbonyl (C=O) groups is 2. The third kappa shape index (κ3) is 1.40. The minimum Gasteiger partial charge on any atom is -0.508 e. The standard InChI is InChI=1S/C13H6BNO4/c14-9-7(16)4-6-8(13(9)19)10-5(2-1-3-15-10)11(17)12(6)18/h1-4,16,19H. The predicted molar refractivity (Wildman–Crippen MR) is 67.1 cm³/mol.